The number of aliphatic hydroxyl groups is 1. The van der Waals surface area contributed by atoms with E-state index in [-0.39, 0.29) is 6.10 Å². The molecule has 0 saturated carbocycles. The summed E-state index contributed by atoms with van der Waals surface area (Å²) in [7, 11) is 0. The first-order valence-electron chi connectivity index (χ1n) is 6.19. The van der Waals surface area contributed by atoms with E-state index in [0.717, 1.165) is 45.4 Å². The van der Waals surface area contributed by atoms with Gasteiger partial charge in [0.1, 0.15) is 0 Å². The lowest BCUT2D eigenvalue weighted by atomic mass is 10.1. The van der Waals surface area contributed by atoms with Gasteiger partial charge in [-0.25, -0.2) is 4.98 Å². The first-order chi connectivity index (χ1) is 7.79. The molecule has 4 heteroatoms. The predicted molar refractivity (Wildman–Crippen MR) is 63.0 cm³/mol. The standard InChI is InChI=1S/C12H21N3O/c1-2-5-15-10-13-7-11(15)8-14-6-3-4-12(16)9-14/h7,10,12,16H,2-6,8-9H2,1H3. The van der Waals surface area contributed by atoms with Gasteiger partial charge in [-0.2, -0.15) is 0 Å². The average Bonchev–Trinajstić information content (AvgIpc) is 2.66. The second kappa shape index (κ2) is 5.46. The number of hydrogen-bond donors (Lipinski definition) is 1. The van der Waals surface area contributed by atoms with Gasteiger partial charge in [0.25, 0.3) is 0 Å². The highest BCUT2D eigenvalue weighted by Gasteiger charge is 2.18. The normalized spacial score (nSPS) is 22.5. The molecule has 1 aliphatic heterocycles. The molecule has 0 radical (unpaired) electrons. The smallest absolute Gasteiger partial charge is 0.0948 e. The number of likely N-dealkylation sites (tertiary alicyclic amines) is 1. The van der Waals surface area contributed by atoms with E-state index in [1.165, 1.54) is 5.69 Å². The lowest BCUT2D eigenvalue weighted by Gasteiger charge is -2.29. The molecule has 1 aromatic rings. The molecule has 1 aromatic heterocycles. The van der Waals surface area contributed by atoms with Crippen molar-refractivity contribution < 1.29 is 5.11 Å². The Hall–Kier alpha value is -0.870. The summed E-state index contributed by atoms with van der Waals surface area (Å²) in [5.74, 6) is 0. The van der Waals surface area contributed by atoms with Crippen LogP contribution in [0.1, 0.15) is 31.9 Å². The van der Waals surface area contributed by atoms with Gasteiger partial charge in [-0.05, 0) is 25.8 Å². The van der Waals surface area contributed by atoms with Crippen molar-refractivity contribution in [3.63, 3.8) is 0 Å². The third kappa shape index (κ3) is 2.83. The van der Waals surface area contributed by atoms with Gasteiger partial charge >= 0.3 is 0 Å². The Balaban J connectivity index is 1.94. The molecule has 1 atom stereocenters. The van der Waals surface area contributed by atoms with Gasteiger partial charge in [-0.1, -0.05) is 6.92 Å². The number of aliphatic hydroxyl groups excluding tert-OH is 1. The predicted octanol–water partition coefficient (Wildman–Crippen LogP) is 1.25. The molecule has 0 aliphatic carbocycles. The van der Waals surface area contributed by atoms with Crippen molar-refractivity contribution in [3.8, 4) is 0 Å². The first kappa shape index (κ1) is 11.6. The summed E-state index contributed by atoms with van der Waals surface area (Å²) < 4.78 is 2.21. The Morgan fingerprint density at radius 3 is 3.19 bits per heavy atom. The highest BCUT2D eigenvalue weighted by molar-refractivity contribution is 4.98. The zero-order valence-corrected chi connectivity index (χ0v) is 9.97. The summed E-state index contributed by atoms with van der Waals surface area (Å²) in [6.07, 6.45) is 6.88. The Labute approximate surface area is 96.9 Å². The molecule has 90 valence electrons. The van der Waals surface area contributed by atoms with Crippen molar-refractivity contribution in [2.45, 2.75) is 45.4 Å². The maximum Gasteiger partial charge on any atom is 0.0948 e. The fraction of sp³-hybridized carbons (Fsp3) is 0.750. The molecule has 1 saturated heterocycles. The molecule has 4 nitrogen and oxygen atoms in total. The van der Waals surface area contributed by atoms with Crippen LogP contribution in [0.4, 0.5) is 0 Å². The van der Waals surface area contributed by atoms with Gasteiger partial charge in [0.15, 0.2) is 0 Å². The molecule has 0 spiro atoms. The van der Waals surface area contributed by atoms with Gasteiger partial charge < -0.3 is 9.67 Å². The lowest BCUT2D eigenvalue weighted by Crippen LogP contribution is -2.38. The number of nitrogens with zero attached hydrogens (tertiary/aromatic N) is 3. The number of aromatic nitrogens is 2. The Morgan fingerprint density at radius 1 is 1.56 bits per heavy atom. The second-order valence-electron chi connectivity index (χ2n) is 4.61. The van der Waals surface area contributed by atoms with Crippen molar-refractivity contribution in [2.24, 2.45) is 0 Å². The van der Waals surface area contributed by atoms with Gasteiger partial charge in [0.2, 0.25) is 0 Å². The number of imidazole rings is 1. The average molecular weight is 223 g/mol. The maximum absolute atomic E-state index is 9.62. The number of rotatable bonds is 4. The number of piperidine rings is 1. The molecular formula is C12H21N3O. The zero-order chi connectivity index (χ0) is 11.4. The van der Waals surface area contributed by atoms with Crippen LogP contribution in [-0.4, -0.2) is 38.8 Å². The van der Waals surface area contributed by atoms with Crippen LogP contribution >= 0.6 is 0 Å². The van der Waals surface area contributed by atoms with Gasteiger partial charge in [-0.15, -0.1) is 0 Å². The van der Waals surface area contributed by atoms with Crippen molar-refractivity contribution in [1.29, 1.82) is 0 Å². The van der Waals surface area contributed by atoms with Crippen LogP contribution in [0.25, 0.3) is 0 Å². The highest BCUT2D eigenvalue weighted by Crippen LogP contribution is 2.13. The molecule has 1 unspecified atom stereocenters. The summed E-state index contributed by atoms with van der Waals surface area (Å²) in [4.78, 5) is 6.52. The minimum absolute atomic E-state index is 0.142. The van der Waals surface area contributed by atoms with Crippen LogP contribution in [0.3, 0.4) is 0 Å². The largest absolute Gasteiger partial charge is 0.392 e. The quantitative estimate of drug-likeness (QED) is 0.835. The molecule has 0 aromatic carbocycles. The van der Waals surface area contributed by atoms with Crippen LogP contribution in [0.2, 0.25) is 0 Å². The molecular weight excluding hydrogens is 202 g/mol. The molecule has 2 rings (SSSR count). The van der Waals surface area contributed by atoms with E-state index >= 15 is 0 Å². The van der Waals surface area contributed by atoms with Crippen LogP contribution in [0, 0.1) is 0 Å². The number of aryl methyl sites for hydroxylation is 1. The van der Waals surface area contributed by atoms with Crippen LogP contribution in [0.15, 0.2) is 12.5 Å². The highest BCUT2D eigenvalue weighted by atomic mass is 16.3. The van der Waals surface area contributed by atoms with Crippen molar-refractivity contribution in [1.82, 2.24) is 14.5 Å². The summed E-state index contributed by atoms with van der Waals surface area (Å²) in [5, 5.41) is 9.62. The Bertz CT molecular complexity index is 324. The molecule has 2 heterocycles. The molecule has 1 N–H and O–H groups in total. The zero-order valence-electron chi connectivity index (χ0n) is 9.97. The summed E-state index contributed by atoms with van der Waals surface area (Å²) in [6.45, 7) is 6.02. The van der Waals surface area contributed by atoms with E-state index in [2.05, 4.69) is 21.4 Å². The molecule has 1 aliphatic rings. The summed E-state index contributed by atoms with van der Waals surface area (Å²) >= 11 is 0. The van der Waals surface area contributed by atoms with Gasteiger partial charge in [0, 0.05) is 25.8 Å². The van der Waals surface area contributed by atoms with E-state index in [1.807, 2.05) is 12.5 Å². The Kier molecular flexibility index (Phi) is 3.96. The molecule has 16 heavy (non-hydrogen) atoms. The minimum atomic E-state index is -0.142. The third-order valence-corrected chi connectivity index (χ3v) is 3.13. The fourth-order valence-electron chi connectivity index (χ4n) is 2.33. The molecule has 1 fully saturated rings. The molecule has 0 bridgehead atoms. The first-order valence-corrected chi connectivity index (χ1v) is 6.19. The van der Waals surface area contributed by atoms with Crippen molar-refractivity contribution in [2.75, 3.05) is 13.1 Å². The van der Waals surface area contributed by atoms with E-state index in [9.17, 15) is 5.11 Å². The topological polar surface area (TPSA) is 41.3 Å². The third-order valence-electron chi connectivity index (χ3n) is 3.13. The minimum Gasteiger partial charge on any atom is -0.392 e. The Morgan fingerprint density at radius 2 is 2.44 bits per heavy atom. The van der Waals surface area contributed by atoms with E-state index in [4.69, 9.17) is 0 Å². The van der Waals surface area contributed by atoms with E-state index < -0.39 is 0 Å². The van der Waals surface area contributed by atoms with Crippen molar-refractivity contribution in [3.05, 3.63) is 18.2 Å². The van der Waals surface area contributed by atoms with Crippen LogP contribution < -0.4 is 0 Å². The van der Waals surface area contributed by atoms with Crippen LogP contribution in [-0.2, 0) is 13.1 Å². The summed E-state index contributed by atoms with van der Waals surface area (Å²) in [5.41, 5.74) is 1.26. The molecule has 0 amide bonds. The maximum atomic E-state index is 9.62. The second-order valence-corrected chi connectivity index (χ2v) is 4.61. The lowest BCUT2D eigenvalue weighted by molar-refractivity contribution is 0.0656. The van der Waals surface area contributed by atoms with Crippen molar-refractivity contribution >= 4 is 0 Å². The van der Waals surface area contributed by atoms with Gasteiger partial charge in [0.05, 0.1) is 18.1 Å². The van der Waals surface area contributed by atoms with Crippen LogP contribution in [0.5, 0.6) is 0 Å². The monoisotopic (exact) mass is 223 g/mol. The summed E-state index contributed by atoms with van der Waals surface area (Å²) in [6, 6.07) is 0. The van der Waals surface area contributed by atoms with E-state index in [0.29, 0.717) is 0 Å². The van der Waals surface area contributed by atoms with Gasteiger partial charge in [-0.3, -0.25) is 4.90 Å². The fourth-order valence-corrected chi connectivity index (χ4v) is 2.33. The van der Waals surface area contributed by atoms with E-state index in [1.54, 1.807) is 0 Å². The SMILES string of the molecule is CCCn1cncc1CN1CCCC(O)C1. The number of β-amino-alcohol motifs (C(OH)–C–C–N with tert-alkyl or cyclic N) is 1. The number of hydrogen-bond acceptors (Lipinski definition) is 3.